The Labute approximate surface area is 128 Å². The number of hydrogen-bond acceptors (Lipinski definition) is 3. The van der Waals surface area contributed by atoms with Crippen LogP contribution in [0.4, 0.5) is 11.4 Å². The van der Waals surface area contributed by atoms with Gasteiger partial charge in [-0.3, -0.25) is 4.79 Å². The molecule has 3 nitrogen and oxygen atoms in total. The van der Waals surface area contributed by atoms with Crippen molar-refractivity contribution in [2.24, 2.45) is 0 Å². The van der Waals surface area contributed by atoms with Crippen LogP contribution < -0.4 is 11.1 Å². The van der Waals surface area contributed by atoms with Gasteiger partial charge in [-0.2, -0.15) is 0 Å². The van der Waals surface area contributed by atoms with Crippen LogP contribution in [0.25, 0.3) is 10.1 Å². The van der Waals surface area contributed by atoms with Gasteiger partial charge in [0.1, 0.15) is 4.88 Å². The van der Waals surface area contributed by atoms with E-state index >= 15 is 0 Å². The molecule has 3 N–H and O–H groups in total. The normalized spacial score (nSPS) is 10.7. The largest absolute Gasteiger partial charge is 0.397 e. The van der Waals surface area contributed by atoms with E-state index in [1.807, 2.05) is 48.5 Å². The number of carbonyl (C=O) groups excluding carboxylic acids is 1. The van der Waals surface area contributed by atoms with Gasteiger partial charge in [0, 0.05) is 20.2 Å². The molecule has 0 unspecified atom stereocenters. The Morgan fingerprint density at radius 2 is 1.95 bits per heavy atom. The molecule has 1 amide bonds. The number of nitrogens with one attached hydrogen (secondary N) is 1. The van der Waals surface area contributed by atoms with Gasteiger partial charge in [0.15, 0.2) is 0 Å². The first kappa shape index (κ1) is 13.1. The number of benzene rings is 2. The standard InChI is InChI=1S/C15H11BrN2OS/c16-9-4-3-5-10(8-9)18-15(19)14-13(17)11-6-1-2-7-12(11)20-14/h1-8H,17H2,(H,18,19). The monoisotopic (exact) mass is 346 g/mol. The minimum absolute atomic E-state index is 0.179. The Balaban J connectivity index is 1.95. The predicted octanol–water partition coefficient (Wildman–Crippen LogP) is 4.50. The SMILES string of the molecule is Nc1c(C(=O)Nc2cccc(Br)c2)sc2ccccc12. The van der Waals surface area contributed by atoms with Gasteiger partial charge >= 0.3 is 0 Å². The summed E-state index contributed by atoms with van der Waals surface area (Å²) in [6.45, 7) is 0. The summed E-state index contributed by atoms with van der Waals surface area (Å²) in [5.74, 6) is -0.179. The van der Waals surface area contributed by atoms with Crippen molar-refractivity contribution in [2.45, 2.75) is 0 Å². The minimum Gasteiger partial charge on any atom is -0.397 e. The predicted molar refractivity (Wildman–Crippen MR) is 88.3 cm³/mol. The molecule has 0 saturated carbocycles. The number of nitrogens with two attached hydrogens (primary N) is 1. The molecule has 1 heterocycles. The summed E-state index contributed by atoms with van der Waals surface area (Å²) in [7, 11) is 0. The molecule has 1 aromatic heterocycles. The molecule has 0 aliphatic carbocycles. The number of amides is 1. The van der Waals surface area contributed by atoms with Crippen molar-refractivity contribution in [3.05, 3.63) is 57.9 Å². The van der Waals surface area contributed by atoms with E-state index in [0.717, 1.165) is 20.2 Å². The molecular weight excluding hydrogens is 336 g/mol. The zero-order chi connectivity index (χ0) is 14.1. The minimum atomic E-state index is -0.179. The smallest absolute Gasteiger partial charge is 0.267 e. The molecular formula is C15H11BrN2OS. The van der Waals surface area contributed by atoms with Gasteiger partial charge in [-0.05, 0) is 24.3 Å². The fraction of sp³-hybridized carbons (Fsp3) is 0. The lowest BCUT2D eigenvalue weighted by Gasteiger charge is -2.04. The van der Waals surface area contributed by atoms with Gasteiger partial charge in [0.2, 0.25) is 0 Å². The molecule has 5 heteroatoms. The third-order valence-corrected chi connectivity index (χ3v) is 4.60. The van der Waals surface area contributed by atoms with E-state index < -0.39 is 0 Å². The molecule has 2 aromatic carbocycles. The number of carbonyl (C=O) groups is 1. The molecule has 20 heavy (non-hydrogen) atoms. The van der Waals surface area contributed by atoms with E-state index in [1.54, 1.807) is 0 Å². The van der Waals surface area contributed by atoms with Crippen LogP contribution in [0.2, 0.25) is 0 Å². The van der Waals surface area contributed by atoms with E-state index in [-0.39, 0.29) is 5.91 Å². The van der Waals surface area contributed by atoms with Crippen molar-refractivity contribution in [1.29, 1.82) is 0 Å². The Bertz CT molecular complexity index is 797. The molecule has 0 atom stereocenters. The Morgan fingerprint density at radius 3 is 2.70 bits per heavy atom. The van der Waals surface area contributed by atoms with E-state index in [9.17, 15) is 4.79 Å². The number of rotatable bonds is 2. The van der Waals surface area contributed by atoms with E-state index in [4.69, 9.17) is 5.73 Å². The summed E-state index contributed by atoms with van der Waals surface area (Å²) in [5, 5.41) is 3.79. The first-order valence-electron chi connectivity index (χ1n) is 5.99. The maximum absolute atomic E-state index is 12.3. The molecule has 0 saturated heterocycles. The molecule has 3 aromatic rings. The second-order valence-corrected chi connectivity index (χ2v) is 6.27. The summed E-state index contributed by atoms with van der Waals surface area (Å²) in [4.78, 5) is 12.9. The highest BCUT2D eigenvalue weighted by Crippen LogP contribution is 2.33. The van der Waals surface area contributed by atoms with Crippen LogP contribution >= 0.6 is 27.3 Å². The molecule has 0 bridgehead atoms. The van der Waals surface area contributed by atoms with Crippen LogP contribution in [0.1, 0.15) is 9.67 Å². The maximum atomic E-state index is 12.3. The third-order valence-electron chi connectivity index (χ3n) is 2.92. The highest BCUT2D eigenvalue weighted by molar-refractivity contribution is 9.10. The maximum Gasteiger partial charge on any atom is 0.267 e. The van der Waals surface area contributed by atoms with Gasteiger partial charge < -0.3 is 11.1 Å². The number of anilines is 2. The average molecular weight is 347 g/mol. The first-order valence-corrected chi connectivity index (χ1v) is 7.60. The van der Waals surface area contributed by atoms with Gasteiger partial charge in [0.25, 0.3) is 5.91 Å². The van der Waals surface area contributed by atoms with Gasteiger partial charge in [-0.25, -0.2) is 0 Å². The fourth-order valence-corrected chi connectivity index (χ4v) is 3.41. The van der Waals surface area contributed by atoms with Gasteiger partial charge in [-0.15, -0.1) is 11.3 Å². The summed E-state index contributed by atoms with van der Waals surface area (Å²) < 4.78 is 1.93. The third kappa shape index (κ3) is 2.42. The molecule has 0 aliphatic rings. The van der Waals surface area contributed by atoms with Crippen molar-refractivity contribution < 1.29 is 4.79 Å². The molecule has 0 spiro atoms. The van der Waals surface area contributed by atoms with Crippen LogP contribution in [0.15, 0.2) is 53.0 Å². The Morgan fingerprint density at radius 1 is 1.15 bits per heavy atom. The molecule has 100 valence electrons. The quantitative estimate of drug-likeness (QED) is 0.717. The number of thiophene rings is 1. The molecule has 3 rings (SSSR count). The lowest BCUT2D eigenvalue weighted by molar-refractivity contribution is 0.103. The zero-order valence-electron chi connectivity index (χ0n) is 10.4. The summed E-state index contributed by atoms with van der Waals surface area (Å²) in [5.41, 5.74) is 7.34. The number of halogens is 1. The summed E-state index contributed by atoms with van der Waals surface area (Å²) >= 11 is 4.78. The van der Waals surface area contributed by atoms with Crippen molar-refractivity contribution in [3.63, 3.8) is 0 Å². The van der Waals surface area contributed by atoms with E-state index in [0.29, 0.717) is 10.6 Å². The van der Waals surface area contributed by atoms with Crippen LogP contribution in [0.3, 0.4) is 0 Å². The van der Waals surface area contributed by atoms with Crippen LogP contribution in [-0.4, -0.2) is 5.91 Å². The topological polar surface area (TPSA) is 55.1 Å². The second kappa shape index (κ2) is 5.26. The summed E-state index contributed by atoms with van der Waals surface area (Å²) in [6, 6.07) is 15.2. The van der Waals surface area contributed by atoms with Gasteiger partial charge in [0.05, 0.1) is 5.69 Å². The highest BCUT2D eigenvalue weighted by Gasteiger charge is 2.16. The van der Waals surface area contributed by atoms with E-state index in [1.165, 1.54) is 11.3 Å². The number of fused-ring (bicyclic) bond motifs is 1. The van der Waals surface area contributed by atoms with Crippen molar-refractivity contribution in [1.82, 2.24) is 0 Å². The highest BCUT2D eigenvalue weighted by atomic mass is 79.9. The van der Waals surface area contributed by atoms with Crippen molar-refractivity contribution in [2.75, 3.05) is 11.1 Å². The Hall–Kier alpha value is -1.85. The van der Waals surface area contributed by atoms with Gasteiger partial charge in [-0.1, -0.05) is 40.2 Å². The molecule has 0 fully saturated rings. The Kier molecular flexibility index (Phi) is 3.46. The lowest BCUT2D eigenvalue weighted by Crippen LogP contribution is -2.11. The fourth-order valence-electron chi connectivity index (χ4n) is 1.99. The number of nitrogen functional groups attached to an aromatic ring is 1. The van der Waals surface area contributed by atoms with Crippen LogP contribution in [0, 0.1) is 0 Å². The summed E-state index contributed by atoms with van der Waals surface area (Å²) in [6.07, 6.45) is 0. The molecule has 0 aliphatic heterocycles. The van der Waals surface area contributed by atoms with E-state index in [2.05, 4.69) is 21.2 Å². The average Bonchev–Trinajstić information content (AvgIpc) is 2.77. The lowest BCUT2D eigenvalue weighted by atomic mass is 10.2. The zero-order valence-corrected chi connectivity index (χ0v) is 12.8. The second-order valence-electron chi connectivity index (χ2n) is 4.31. The van der Waals surface area contributed by atoms with Crippen LogP contribution in [0.5, 0.6) is 0 Å². The first-order chi connectivity index (χ1) is 9.65. The van der Waals surface area contributed by atoms with Crippen LogP contribution in [-0.2, 0) is 0 Å². The van der Waals surface area contributed by atoms with Crippen molar-refractivity contribution in [3.8, 4) is 0 Å². The van der Waals surface area contributed by atoms with Crippen molar-refractivity contribution >= 4 is 54.6 Å². The molecule has 0 radical (unpaired) electrons. The number of hydrogen-bond donors (Lipinski definition) is 2.